The summed E-state index contributed by atoms with van der Waals surface area (Å²) in [5, 5.41) is 8.67. The quantitative estimate of drug-likeness (QED) is 0.560. The van der Waals surface area contributed by atoms with Crippen LogP contribution in [0.2, 0.25) is 0 Å². The Morgan fingerprint density at radius 3 is 2.44 bits per heavy atom. The van der Waals surface area contributed by atoms with Gasteiger partial charge in [0, 0.05) is 11.1 Å². The van der Waals surface area contributed by atoms with Crippen molar-refractivity contribution in [1.82, 2.24) is 15.4 Å². The Kier molecular flexibility index (Phi) is 4.24. The molecule has 0 aliphatic carbocycles. The van der Waals surface area contributed by atoms with Gasteiger partial charge in [0.2, 0.25) is 0 Å². The van der Waals surface area contributed by atoms with E-state index in [0.717, 1.165) is 0 Å². The minimum absolute atomic E-state index is 0.190. The van der Waals surface area contributed by atoms with Gasteiger partial charge in [0.05, 0.1) is 22.9 Å². The van der Waals surface area contributed by atoms with Crippen LogP contribution in [0.1, 0.15) is 10.4 Å². The Labute approximate surface area is 138 Å². The van der Waals surface area contributed by atoms with Gasteiger partial charge in [-0.3, -0.25) is 15.0 Å². The number of halogens is 3. The molecule has 1 amide bonds. The lowest BCUT2D eigenvalue weighted by Gasteiger charge is -2.09. The molecule has 6 nitrogen and oxygen atoms in total. The summed E-state index contributed by atoms with van der Waals surface area (Å²) in [4.78, 5) is 20.0. The van der Waals surface area contributed by atoms with E-state index in [1.165, 1.54) is 48.1 Å². The van der Waals surface area contributed by atoms with E-state index in [1.807, 2.05) is 0 Å². The molecule has 1 aromatic heterocycles. The average molecular weight is 349 g/mol. The molecule has 0 aliphatic heterocycles. The maximum absolute atomic E-state index is 12.2. The second kappa shape index (κ2) is 6.36. The fraction of sp³-hybridized carbons (Fsp3) is 0.0625. The normalized spacial score (nSPS) is 11.4. The van der Waals surface area contributed by atoms with Gasteiger partial charge in [0.1, 0.15) is 5.75 Å². The molecular formula is C16H10F3N3O3. The maximum Gasteiger partial charge on any atom is 0.573 e. The molecule has 128 valence electrons. The van der Waals surface area contributed by atoms with Crippen LogP contribution in [0.3, 0.4) is 0 Å². The number of hydrogen-bond acceptors (Lipinski definition) is 5. The smallest absolute Gasteiger partial charge is 0.406 e. The lowest BCUT2D eigenvalue weighted by atomic mass is 10.1. The first-order valence-corrected chi connectivity index (χ1v) is 6.93. The highest BCUT2D eigenvalue weighted by atomic mass is 19.4. The summed E-state index contributed by atoms with van der Waals surface area (Å²) in [6, 6.07) is 9.66. The molecule has 0 unspecified atom stereocenters. The molecule has 0 radical (unpaired) electrons. The van der Waals surface area contributed by atoms with E-state index >= 15 is 0 Å². The van der Waals surface area contributed by atoms with Gasteiger partial charge >= 0.3 is 6.36 Å². The maximum atomic E-state index is 12.2. The fourth-order valence-corrected chi connectivity index (χ4v) is 2.18. The number of aromatic nitrogens is 2. The standard InChI is InChI=1S/C16H10F3N3O3/c17-16(18,19)25-11-4-1-9(2-5-11)14-8-20-12-6-3-10(15(23)22-24)7-13(12)21-14/h1-8,24H,(H,22,23). The van der Waals surface area contributed by atoms with Crippen molar-refractivity contribution in [3.8, 4) is 17.0 Å². The Balaban J connectivity index is 1.94. The van der Waals surface area contributed by atoms with Crippen LogP contribution in [0.5, 0.6) is 5.75 Å². The molecule has 3 aromatic rings. The number of nitrogens with one attached hydrogen (secondary N) is 1. The lowest BCUT2D eigenvalue weighted by Crippen LogP contribution is -2.18. The summed E-state index contributed by atoms with van der Waals surface area (Å²) in [5.41, 5.74) is 3.57. The van der Waals surface area contributed by atoms with E-state index in [-0.39, 0.29) is 11.3 Å². The van der Waals surface area contributed by atoms with Crippen LogP contribution < -0.4 is 10.2 Å². The number of ether oxygens (including phenoxy) is 1. The average Bonchev–Trinajstić information content (AvgIpc) is 2.59. The van der Waals surface area contributed by atoms with Gasteiger partial charge in [0.15, 0.2) is 0 Å². The summed E-state index contributed by atoms with van der Waals surface area (Å²) in [6.07, 6.45) is -3.29. The summed E-state index contributed by atoms with van der Waals surface area (Å²) < 4.78 is 40.3. The van der Waals surface area contributed by atoms with E-state index < -0.39 is 12.3 Å². The van der Waals surface area contributed by atoms with Crippen molar-refractivity contribution in [3.63, 3.8) is 0 Å². The van der Waals surface area contributed by atoms with Crippen LogP contribution in [-0.2, 0) is 0 Å². The van der Waals surface area contributed by atoms with Gasteiger partial charge in [0.25, 0.3) is 5.91 Å². The minimum atomic E-state index is -4.76. The van der Waals surface area contributed by atoms with Crippen LogP contribution >= 0.6 is 0 Å². The highest BCUT2D eigenvalue weighted by Gasteiger charge is 2.30. The first kappa shape index (κ1) is 16.7. The third kappa shape index (κ3) is 3.83. The molecule has 0 atom stereocenters. The zero-order chi connectivity index (χ0) is 18.0. The third-order valence-electron chi connectivity index (χ3n) is 3.29. The van der Waals surface area contributed by atoms with Crippen molar-refractivity contribution in [3.05, 3.63) is 54.2 Å². The Hall–Kier alpha value is -3.20. The molecule has 0 aliphatic rings. The first-order valence-electron chi connectivity index (χ1n) is 6.93. The SMILES string of the molecule is O=C(NO)c1ccc2ncc(-c3ccc(OC(F)(F)F)cc3)nc2c1. The van der Waals surface area contributed by atoms with Crippen molar-refractivity contribution >= 4 is 16.9 Å². The van der Waals surface area contributed by atoms with Crippen molar-refractivity contribution in [2.45, 2.75) is 6.36 Å². The lowest BCUT2D eigenvalue weighted by molar-refractivity contribution is -0.274. The van der Waals surface area contributed by atoms with E-state index in [4.69, 9.17) is 5.21 Å². The predicted octanol–water partition coefficient (Wildman–Crippen LogP) is 3.31. The van der Waals surface area contributed by atoms with E-state index in [0.29, 0.717) is 22.3 Å². The summed E-state index contributed by atoms with van der Waals surface area (Å²) in [7, 11) is 0. The monoisotopic (exact) mass is 349 g/mol. The highest BCUT2D eigenvalue weighted by molar-refractivity contribution is 5.96. The van der Waals surface area contributed by atoms with Crippen molar-refractivity contribution in [2.24, 2.45) is 0 Å². The number of fused-ring (bicyclic) bond motifs is 1. The Morgan fingerprint density at radius 2 is 1.80 bits per heavy atom. The molecular weight excluding hydrogens is 339 g/mol. The fourth-order valence-electron chi connectivity index (χ4n) is 2.18. The molecule has 1 heterocycles. The highest BCUT2D eigenvalue weighted by Crippen LogP contribution is 2.26. The summed E-state index contributed by atoms with van der Waals surface area (Å²) in [5.74, 6) is -1.03. The summed E-state index contributed by atoms with van der Waals surface area (Å²) >= 11 is 0. The predicted molar refractivity (Wildman–Crippen MR) is 80.9 cm³/mol. The zero-order valence-corrected chi connectivity index (χ0v) is 12.4. The molecule has 0 saturated heterocycles. The Bertz CT molecular complexity index is 927. The number of hydroxylamine groups is 1. The molecule has 0 spiro atoms. The topological polar surface area (TPSA) is 84.3 Å². The van der Waals surface area contributed by atoms with Crippen LogP contribution in [0.4, 0.5) is 13.2 Å². The van der Waals surface area contributed by atoms with Gasteiger partial charge in [-0.1, -0.05) is 0 Å². The number of alkyl halides is 3. The third-order valence-corrected chi connectivity index (χ3v) is 3.29. The van der Waals surface area contributed by atoms with Crippen LogP contribution in [0.15, 0.2) is 48.7 Å². The largest absolute Gasteiger partial charge is 0.573 e. The molecule has 0 fully saturated rings. The molecule has 9 heteroatoms. The van der Waals surface area contributed by atoms with Gasteiger partial charge in [-0.05, 0) is 42.5 Å². The number of amides is 1. The van der Waals surface area contributed by atoms with Crippen LogP contribution in [0, 0.1) is 0 Å². The number of rotatable bonds is 3. The van der Waals surface area contributed by atoms with Crippen molar-refractivity contribution < 1.29 is 27.9 Å². The van der Waals surface area contributed by atoms with Crippen LogP contribution in [0.25, 0.3) is 22.3 Å². The van der Waals surface area contributed by atoms with E-state index in [9.17, 15) is 18.0 Å². The minimum Gasteiger partial charge on any atom is -0.406 e. The first-order chi connectivity index (χ1) is 11.9. The number of nitrogens with zero attached hydrogens (tertiary/aromatic N) is 2. The molecule has 3 rings (SSSR count). The van der Waals surface area contributed by atoms with Crippen molar-refractivity contribution in [1.29, 1.82) is 0 Å². The Morgan fingerprint density at radius 1 is 1.08 bits per heavy atom. The van der Waals surface area contributed by atoms with Gasteiger partial charge < -0.3 is 4.74 Å². The second-order valence-electron chi connectivity index (χ2n) is 4.97. The molecule has 2 N–H and O–H groups in total. The molecule has 0 saturated carbocycles. The van der Waals surface area contributed by atoms with Gasteiger partial charge in [-0.15, -0.1) is 13.2 Å². The molecule has 0 bridgehead atoms. The van der Waals surface area contributed by atoms with Crippen LogP contribution in [-0.4, -0.2) is 27.4 Å². The second-order valence-corrected chi connectivity index (χ2v) is 4.97. The van der Waals surface area contributed by atoms with Gasteiger partial charge in [-0.2, -0.15) is 0 Å². The molecule has 25 heavy (non-hydrogen) atoms. The number of hydrogen-bond donors (Lipinski definition) is 2. The number of benzene rings is 2. The number of carbonyl (C=O) groups excluding carboxylic acids is 1. The van der Waals surface area contributed by atoms with Gasteiger partial charge in [-0.25, -0.2) is 10.5 Å². The van der Waals surface area contributed by atoms with Crippen molar-refractivity contribution in [2.75, 3.05) is 0 Å². The zero-order valence-electron chi connectivity index (χ0n) is 12.4. The van der Waals surface area contributed by atoms with E-state index in [2.05, 4.69) is 14.7 Å². The van der Waals surface area contributed by atoms with E-state index in [1.54, 1.807) is 6.07 Å². The number of carbonyl (C=O) groups is 1. The summed E-state index contributed by atoms with van der Waals surface area (Å²) in [6.45, 7) is 0. The molecule has 2 aromatic carbocycles.